The molecule has 0 amide bonds. The average molecular weight is 217 g/mol. The van der Waals surface area contributed by atoms with E-state index in [0.29, 0.717) is 5.25 Å². The number of hydrogen-bond donors (Lipinski definition) is 1. The maximum Gasteiger partial charge on any atom is 0.0658 e. The van der Waals surface area contributed by atoms with Gasteiger partial charge in [0.2, 0.25) is 0 Å². The molecule has 1 aliphatic rings. The topological polar surface area (TPSA) is 23.5 Å². The van der Waals surface area contributed by atoms with Gasteiger partial charge in [-0.1, -0.05) is 13.8 Å². The zero-order chi connectivity index (χ0) is 10.4. The zero-order valence-electron chi connectivity index (χ0n) is 9.41. The summed E-state index contributed by atoms with van der Waals surface area (Å²) in [5.74, 6) is 1.17. The summed E-state index contributed by atoms with van der Waals surface area (Å²) in [5, 5.41) is 10.2. The molecule has 84 valence electrons. The predicted octanol–water partition coefficient (Wildman–Crippen LogP) is 1.97. The van der Waals surface area contributed by atoms with Crippen molar-refractivity contribution in [3.05, 3.63) is 0 Å². The normalized spacial score (nSPS) is 27.4. The molecule has 1 rings (SSSR count). The first-order chi connectivity index (χ1) is 6.77. The van der Waals surface area contributed by atoms with E-state index in [4.69, 9.17) is 0 Å². The van der Waals surface area contributed by atoms with Crippen LogP contribution < -0.4 is 0 Å². The molecular weight excluding hydrogens is 194 g/mol. The second-order valence-electron chi connectivity index (χ2n) is 3.93. The van der Waals surface area contributed by atoms with E-state index in [1.807, 2.05) is 11.8 Å². The van der Waals surface area contributed by atoms with Crippen LogP contribution in [0.3, 0.4) is 0 Å². The van der Waals surface area contributed by atoms with Crippen molar-refractivity contribution in [2.24, 2.45) is 0 Å². The maximum atomic E-state index is 9.63. The lowest BCUT2D eigenvalue weighted by Gasteiger charge is -2.19. The molecule has 0 heterocycles. The summed E-state index contributed by atoms with van der Waals surface area (Å²) in [6.45, 7) is 7.87. The molecule has 0 spiro atoms. The molecule has 0 aromatic heterocycles. The molecule has 3 heteroatoms. The first-order valence-corrected chi connectivity index (χ1v) is 6.84. The Balaban J connectivity index is 2.08. The minimum Gasteiger partial charge on any atom is -0.392 e. The Labute approximate surface area is 92.1 Å². The van der Waals surface area contributed by atoms with E-state index in [9.17, 15) is 5.11 Å². The summed E-state index contributed by atoms with van der Waals surface area (Å²) in [6.07, 6.45) is 3.41. The fourth-order valence-electron chi connectivity index (χ4n) is 1.97. The third kappa shape index (κ3) is 3.79. The SMILES string of the molecule is CCN(CC)CCSC1CCCC1O. The predicted molar refractivity (Wildman–Crippen MR) is 63.9 cm³/mol. The molecule has 0 saturated heterocycles. The summed E-state index contributed by atoms with van der Waals surface area (Å²) in [4.78, 5) is 2.44. The molecule has 0 radical (unpaired) electrons. The van der Waals surface area contributed by atoms with Crippen molar-refractivity contribution < 1.29 is 5.11 Å². The van der Waals surface area contributed by atoms with Gasteiger partial charge in [0.25, 0.3) is 0 Å². The van der Waals surface area contributed by atoms with Gasteiger partial charge >= 0.3 is 0 Å². The Hall–Kier alpha value is 0.270. The molecule has 1 saturated carbocycles. The fourth-order valence-corrected chi connectivity index (χ4v) is 3.33. The molecular formula is C11H23NOS. The molecule has 1 aliphatic carbocycles. The average Bonchev–Trinajstić information content (AvgIpc) is 2.59. The van der Waals surface area contributed by atoms with Crippen molar-refractivity contribution >= 4 is 11.8 Å². The zero-order valence-corrected chi connectivity index (χ0v) is 10.2. The van der Waals surface area contributed by atoms with Crippen molar-refractivity contribution in [1.29, 1.82) is 0 Å². The number of aliphatic hydroxyl groups excluding tert-OH is 1. The summed E-state index contributed by atoms with van der Waals surface area (Å²) in [7, 11) is 0. The Morgan fingerprint density at radius 2 is 2.00 bits per heavy atom. The van der Waals surface area contributed by atoms with E-state index in [1.165, 1.54) is 25.1 Å². The fraction of sp³-hybridized carbons (Fsp3) is 1.00. The minimum absolute atomic E-state index is 0.0308. The van der Waals surface area contributed by atoms with Gasteiger partial charge in [-0.25, -0.2) is 0 Å². The van der Waals surface area contributed by atoms with Crippen LogP contribution in [0.15, 0.2) is 0 Å². The van der Waals surface area contributed by atoms with Gasteiger partial charge in [0.05, 0.1) is 6.10 Å². The summed E-state index contributed by atoms with van der Waals surface area (Å²) in [5.41, 5.74) is 0. The van der Waals surface area contributed by atoms with Crippen molar-refractivity contribution in [1.82, 2.24) is 4.90 Å². The molecule has 0 aromatic carbocycles. The van der Waals surface area contributed by atoms with Gasteiger partial charge in [-0.15, -0.1) is 0 Å². The Morgan fingerprint density at radius 1 is 1.29 bits per heavy atom. The molecule has 2 nitrogen and oxygen atoms in total. The van der Waals surface area contributed by atoms with E-state index >= 15 is 0 Å². The first-order valence-electron chi connectivity index (χ1n) is 5.80. The second kappa shape index (κ2) is 6.70. The summed E-state index contributed by atoms with van der Waals surface area (Å²) in [6, 6.07) is 0. The van der Waals surface area contributed by atoms with Crippen LogP contribution in [0, 0.1) is 0 Å². The van der Waals surface area contributed by atoms with Gasteiger partial charge < -0.3 is 10.0 Å². The van der Waals surface area contributed by atoms with Crippen LogP contribution in [-0.2, 0) is 0 Å². The van der Waals surface area contributed by atoms with Gasteiger partial charge in [0.1, 0.15) is 0 Å². The Bertz CT molecular complexity index is 150. The van der Waals surface area contributed by atoms with E-state index in [-0.39, 0.29) is 6.10 Å². The molecule has 0 aliphatic heterocycles. The van der Waals surface area contributed by atoms with E-state index in [0.717, 1.165) is 19.5 Å². The van der Waals surface area contributed by atoms with Crippen LogP contribution in [0.25, 0.3) is 0 Å². The van der Waals surface area contributed by atoms with Crippen LogP contribution in [0.5, 0.6) is 0 Å². The highest BCUT2D eigenvalue weighted by Gasteiger charge is 2.25. The molecule has 2 atom stereocenters. The summed E-state index contributed by atoms with van der Waals surface area (Å²) < 4.78 is 0. The summed E-state index contributed by atoms with van der Waals surface area (Å²) >= 11 is 1.96. The number of nitrogens with zero attached hydrogens (tertiary/aromatic N) is 1. The number of hydrogen-bond acceptors (Lipinski definition) is 3. The van der Waals surface area contributed by atoms with Crippen LogP contribution in [0.4, 0.5) is 0 Å². The third-order valence-corrected chi connectivity index (χ3v) is 4.45. The lowest BCUT2D eigenvalue weighted by atomic mass is 10.3. The van der Waals surface area contributed by atoms with E-state index < -0.39 is 0 Å². The highest BCUT2D eigenvalue weighted by atomic mass is 32.2. The molecule has 1 fully saturated rings. The smallest absolute Gasteiger partial charge is 0.0658 e. The Kier molecular flexibility index (Phi) is 5.90. The van der Waals surface area contributed by atoms with Gasteiger partial charge in [-0.2, -0.15) is 11.8 Å². The van der Waals surface area contributed by atoms with Crippen LogP contribution in [0.1, 0.15) is 33.1 Å². The van der Waals surface area contributed by atoms with Gasteiger partial charge in [-0.05, 0) is 32.4 Å². The van der Waals surface area contributed by atoms with Crippen molar-refractivity contribution in [2.75, 3.05) is 25.4 Å². The van der Waals surface area contributed by atoms with E-state index in [2.05, 4.69) is 18.7 Å². The third-order valence-electron chi connectivity index (χ3n) is 3.05. The molecule has 1 N–H and O–H groups in total. The lowest BCUT2D eigenvalue weighted by Crippen LogP contribution is -2.26. The molecule has 0 bridgehead atoms. The monoisotopic (exact) mass is 217 g/mol. The standard InChI is InChI=1S/C11H23NOS/c1-3-12(4-2)8-9-14-11-7-5-6-10(11)13/h10-11,13H,3-9H2,1-2H3. The largest absolute Gasteiger partial charge is 0.392 e. The molecule has 0 aromatic rings. The van der Waals surface area contributed by atoms with Gasteiger partial charge in [-0.3, -0.25) is 0 Å². The van der Waals surface area contributed by atoms with Crippen molar-refractivity contribution in [2.45, 2.75) is 44.5 Å². The van der Waals surface area contributed by atoms with Crippen LogP contribution in [-0.4, -0.2) is 46.7 Å². The van der Waals surface area contributed by atoms with Gasteiger partial charge in [0.15, 0.2) is 0 Å². The van der Waals surface area contributed by atoms with Gasteiger partial charge in [0, 0.05) is 17.5 Å². The number of aliphatic hydroxyl groups is 1. The molecule has 14 heavy (non-hydrogen) atoms. The van der Waals surface area contributed by atoms with Crippen LogP contribution >= 0.6 is 11.8 Å². The van der Waals surface area contributed by atoms with Crippen molar-refractivity contribution in [3.63, 3.8) is 0 Å². The maximum absolute atomic E-state index is 9.63. The first kappa shape index (κ1) is 12.3. The Morgan fingerprint density at radius 3 is 2.50 bits per heavy atom. The number of rotatable bonds is 6. The minimum atomic E-state index is -0.0308. The number of thioether (sulfide) groups is 1. The van der Waals surface area contributed by atoms with Crippen molar-refractivity contribution in [3.8, 4) is 0 Å². The molecule has 2 unspecified atom stereocenters. The highest BCUT2D eigenvalue weighted by Crippen LogP contribution is 2.29. The quantitative estimate of drug-likeness (QED) is 0.736. The van der Waals surface area contributed by atoms with Crippen LogP contribution in [0.2, 0.25) is 0 Å². The highest BCUT2D eigenvalue weighted by molar-refractivity contribution is 8.00. The second-order valence-corrected chi connectivity index (χ2v) is 5.28. The lowest BCUT2D eigenvalue weighted by molar-refractivity contribution is 0.188. The van der Waals surface area contributed by atoms with E-state index in [1.54, 1.807) is 0 Å².